The molecule has 5 heteroatoms. The molecule has 0 saturated heterocycles. The lowest BCUT2D eigenvalue weighted by molar-refractivity contribution is -0.120. The van der Waals surface area contributed by atoms with Crippen molar-refractivity contribution < 1.29 is 4.79 Å². The van der Waals surface area contributed by atoms with Gasteiger partial charge < -0.3 is 0 Å². The van der Waals surface area contributed by atoms with Crippen molar-refractivity contribution in [3.63, 3.8) is 0 Å². The highest BCUT2D eigenvalue weighted by atomic mass is 35.5. The van der Waals surface area contributed by atoms with E-state index in [9.17, 15) is 4.79 Å². The van der Waals surface area contributed by atoms with Crippen LogP contribution in [-0.4, -0.2) is 17.1 Å². The summed E-state index contributed by atoms with van der Waals surface area (Å²) in [4.78, 5) is 15.6. The SMILES string of the molecule is O=C(Cc1ccccc1Cl)N/N=C/c1cccnc1. The summed E-state index contributed by atoms with van der Waals surface area (Å²) in [6, 6.07) is 10.9. The highest BCUT2D eigenvalue weighted by Gasteiger charge is 2.04. The van der Waals surface area contributed by atoms with Gasteiger partial charge in [0.2, 0.25) is 5.91 Å². The number of pyridine rings is 1. The van der Waals surface area contributed by atoms with Gasteiger partial charge in [-0.2, -0.15) is 5.10 Å². The first-order valence-electron chi connectivity index (χ1n) is 5.71. The summed E-state index contributed by atoms with van der Waals surface area (Å²) in [6.45, 7) is 0. The van der Waals surface area contributed by atoms with Crippen LogP contribution in [0.15, 0.2) is 53.9 Å². The molecule has 0 bridgehead atoms. The van der Waals surface area contributed by atoms with E-state index in [4.69, 9.17) is 11.6 Å². The van der Waals surface area contributed by atoms with Crippen LogP contribution in [0.4, 0.5) is 0 Å². The number of halogens is 1. The number of hydrogen-bond donors (Lipinski definition) is 1. The minimum atomic E-state index is -0.215. The second kappa shape index (κ2) is 6.66. The van der Waals surface area contributed by atoms with Crippen LogP contribution in [0.5, 0.6) is 0 Å². The molecular formula is C14H12ClN3O. The van der Waals surface area contributed by atoms with Crippen LogP contribution in [0, 0.1) is 0 Å². The Morgan fingerprint density at radius 2 is 2.16 bits per heavy atom. The molecule has 0 aliphatic carbocycles. The van der Waals surface area contributed by atoms with Crippen LogP contribution in [0.25, 0.3) is 0 Å². The largest absolute Gasteiger partial charge is 0.273 e. The molecule has 1 heterocycles. The van der Waals surface area contributed by atoms with Gasteiger partial charge in [-0.1, -0.05) is 35.9 Å². The van der Waals surface area contributed by atoms with Crippen molar-refractivity contribution in [1.29, 1.82) is 0 Å². The zero-order chi connectivity index (χ0) is 13.5. The molecule has 1 amide bonds. The molecule has 1 aromatic heterocycles. The summed E-state index contributed by atoms with van der Waals surface area (Å²) in [6.07, 6.45) is 5.07. The zero-order valence-electron chi connectivity index (χ0n) is 10.1. The highest BCUT2D eigenvalue weighted by molar-refractivity contribution is 6.31. The Labute approximate surface area is 116 Å². The Morgan fingerprint density at radius 1 is 1.32 bits per heavy atom. The topological polar surface area (TPSA) is 54.4 Å². The predicted molar refractivity (Wildman–Crippen MR) is 75.1 cm³/mol. The lowest BCUT2D eigenvalue weighted by Crippen LogP contribution is -2.19. The van der Waals surface area contributed by atoms with Crippen LogP contribution >= 0.6 is 11.6 Å². The maximum atomic E-state index is 11.7. The van der Waals surface area contributed by atoms with Crippen molar-refractivity contribution >= 4 is 23.7 Å². The first kappa shape index (κ1) is 13.2. The quantitative estimate of drug-likeness (QED) is 0.687. The number of benzene rings is 1. The number of hydrogen-bond acceptors (Lipinski definition) is 3. The molecule has 0 saturated carbocycles. The first-order chi connectivity index (χ1) is 9.25. The van der Waals surface area contributed by atoms with Crippen LogP contribution in [-0.2, 0) is 11.2 Å². The van der Waals surface area contributed by atoms with Crippen LogP contribution in [0.3, 0.4) is 0 Å². The Bertz CT molecular complexity index is 584. The van der Waals surface area contributed by atoms with Crippen LogP contribution < -0.4 is 5.43 Å². The molecular weight excluding hydrogens is 262 g/mol. The van der Waals surface area contributed by atoms with Crippen LogP contribution in [0.1, 0.15) is 11.1 Å². The van der Waals surface area contributed by atoms with E-state index in [2.05, 4.69) is 15.5 Å². The number of carbonyl (C=O) groups excluding carboxylic acids is 1. The van der Waals surface area contributed by atoms with E-state index < -0.39 is 0 Å². The van der Waals surface area contributed by atoms with E-state index in [1.807, 2.05) is 24.3 Å². The summed E-state index contributed by atoms with van der Waals surface area (Å²) in [5.74, 6) is -0.215. The number of nitrogens with one attached hydrogen (secondary N) is 1. The van der Waals surface area contributed by atoms with E-state index in [0.717, 1.165) is 11.1 Å². The predicted octanol–water partition coefficient (Wildman–Crippen LogP) is 2.43. The molecule has 0 radical (unpaired) electrons. The molecule has 1 aromatic carbocycles. The van der Waals surface area contributed by atoms with E-state index in [1.165, 1.54) is 6.21 Å². The molecule has 1 N–H and O–H groups in total. The molecule has 0 atom stereocenters. The normalized spacial score (nSPS) is 10.6. The maximum absolute atomic E-state index is 11.7. The second-order valence-corrected chi connectivity index (χ2v) is 4.25. The van der Waals surface area contributed by atoms with Crippen molar-refractivity contribution in [2.75, 3.05) is 0 Å². The van der Waals surface area contributed by atoms with Gasteiger partial charge in [0.05, 0.1) is 12.6 Å². The number of nitrogens with zero attached hydrogens (tertiary/aromatic N) is 2. The third-order valence-electron chi connectivity index (χ3n) is 2.40. The fraction of sp³-hybridized carbons (Fsp3) is 0.0714. The van der Waals surface area contributed by atoms with Crippen molar-refractivity contribution in [3.8, 4) is 0 Å². The average Bonchev–Trinajstić information content (AvgIpc) is 2.43. The zero-order valence-corrected chi connectivity index (χ0v) is 10.8. The van der Waals surface area contributed by atoms with Crippen molar-refractivity contribution in [3.05, 3.63) is 64.9 Å². The van der Waals surface area contributed by atoms with E-state index in [-0.39, 0.29) is 12.3 Å². The smallest absolute Gasteiger partial charge is 0.244 e. The Balaban J connectivity index is 1.89. The summed E-state index contributed by atoms with van der Waals surface area (Å²) in [5, 5.41) is 4.44. The minimum Gasteiger partial charge on any atom is -0.273 e. The first-order valence-corrected chi connectivity index (χ1v) is 6.09. The van der Waals surface area contributed by atoms with Crippen molar-refractivity contribution in [2.45, 2.75) is 6.42 Å². The number of aromatic nitrogens is 1. The maximum Gasteiger partial charge on any atom is 0.244 e. The lowest BCUT2D eigenvalue weighted by atomic mass is 10.1. The fourth-order valence-corrected chi connectivity index (χ4v) is 1.69. The molecule has 96 valence electrons. The molecule has 0 fully saturated rings. The van der Waals surface area contributed by atoms with Crippen molar-refractivity contribution in [2.24, 2.45) is 5.10 Å². The standard InChI is InChI=1S/C14H12ClN3O/c15-13-6-2-1-5-12(13)8-14(19)18-17-10-11-4-3-7-16-9-11/h1-7,9-10H,8H2,(H,18,19)/b17-10+. The van der Waals surface area contributed by atoms with E-state index in [0.29, 0.717) is 5.02 Å². The average molecular weight is 274 g/mol. The molecule has 0 aliphatic rings. The van der Waals surface area contributed by atoms with E-state index >= 15 is 0 Å². The summed E-state index contributed by atoms with van der Waals surface area (Å²) in [7, 11) is 0. The number of carbonyl (C=O) groups is 1. The summed E-state index contributed by atoms with van der Waals surface area (Å²) in [5.41, 5.74) is 4.05. The summed E-state index contributed by atoms with van der Waals surface area (Å²) >= 11 is 5.97. The van der Waals surface area contributed by atoms with Gasteiger partial charge in [-0.25, -0.2) is 5.43 Å². The monoisotopic (exact) mass is 273 g/mol. The minimum absolute atomic E-state index is 0.198. The third kappa shape index (κ3) is 4.19. The number of hydrazone groups is 1. The molecule has 0 unspecified atom stereocenters. The molecule has 4 nitrogen and oxygen atoms in total. The molecule has 0 spiro atoms. The van der Waals surface area contributed by atoms with Gasteiger partial charge >= 0.3 is 0 Å². The van der Waals surface area contributed by atoms with Gasteiger partial charge in [0.1, 0.15) is 0 Å². The van der Waals surface area contributed by atoms with Gasteiger partial charge in [0.15, 0.2) is 0 Å². The Kier molecular flexibility index (Phi) is 4.64. The number of amides is 1. The summed E-state index contributed by atoms with van der Waals surface area (Å²) < 4.78 is 0. The number of rotatable bonds is 4. The van der Waals surface area contributed by atoms with Gasteiger partial charge in [-0.15, -0.1) is 0 Å². The third-order valence-corrected chi connectivity index (χ3v) is 2.76. The molecule has 2 rings (SSSR count). The van der Waals surface area contributed by atoms with Crippen molar-refractivity contribution in [1.82, 2.24) is 10.4 Å². The lowest BCUT2D eigenvalue weighted by Gasteiger charge is -2.02. The van der Waals surface area contributed by atoms with Gasteiger partial charge in [-0.05, 0) is 17.7 Å². The van der Waals surface area contributed by atoms with Gasteiger partial charge in [-0.3, -0.25) is 9.78 Å². The van der Waals surface area contributed by atoms with Gasteiger partial charge in [0.25, 0.3) is 0 Å². The Hall–Kier alpha value is -2.20. The fourth-order valence-electron chi connectivity index (χ4n) is 1.49. The van der Waals surface area contributed by atoms with Gasteiger partial charge in [0, 0.05) is 23.0 Å². The van der Waals surface area contributed by atoms with E-state index in [1.54, 1.807) is 24.5 Å². The molecule has 2 aromatic rings. The Morgan fingerprint density at radius 3 is 2.89 bits per heavy atom. The van der Waals surface area contributed by atoms with Crippen LogP contribution in [0.2, 0.25) is 5.02 Å². The highest BCUT2D eigenvalue weighted by Crippen LogP contribution is 2.15. The second-order valence-electron chi connectivity index (χ2n) is 3.85. The molecule has 19 heavy (non-hydrogen) atoms. The molecule has 0 aliphatic heterocycles.